The van der Waals surface area contributed by atoms with Crippen LogP contribution in [0.1, 0.15) is 11.1 Å². The third kappa shape index (κ3) is 3.83. The van der Waals surface area contributed by atoms with Gasteiger partial charge in [-0.2, -0.15) is 5.26 Å². The lowest BCUT2D eigenvalue weighted by atomic mass is 10.1. The average molecular weight is 397 g/mol. The van der Waals surface area contributed by atoms with E-state index in [9.17, 15) is 8.42 Å². The topological polar surface area (TPSA) is 70.0 Å². The number of nitrogens with zero attached hydrogens (tertiary/aromatic N) is 1. The molecule has 1 N–H and O–H groups in total. The van der Waals surface area contributed by atoms with E-state index in [2.05, 4.69) is 20.7 Å². The fourth-order valence-electron chi connectivity index (χ4n) is 2.02. The number of thioether (sulfide) groups is 1. The van der Waals surface area contributed by atoms with Crippen LogP contribution < -0.4 is 4.72 Å². The Morgan fingerprint density at radius 2 is 1.82 bits per heavy atom. The highest BCUT2D eigenvalue weighted by molar-refractivity contribution is 9.10. The van der Waals surface area contributed by atoms with Crippen molar-refractivity contribution in [2.45, 2.75) is 23.6 Å². The van der Waals surface area contributed by atoms with Gasteiger partial charge < -0.3 is 0 Å². The first-order valence-corrected chi connectivity index (χ1v) is 9.38. The molecule has 0 amide bonds. The minimum atomic E-state index is -3.66. The molecule has 0 aliphatic carbocycles. The predicted molar refractivity (Wildman–Crippen MR) is 92.3 cm³/mol. The largest absolute Gasteiger partial charge is 0.279 e. The highest BCUT2D eigenvalue weighted by Gasteiger charge is 2.17. The van der Waals surface area contributed by atoms with Crippen molar-refractivity contribution in [1.82, 2.24) is 0 Å². The molecule has 2 aromatic rings. The second-order valence-corrected chi connectivity index (χ2v) is 8.14. The zero-order valence-corrected chi connectivity index (χ0v) is 15.1. The Balaban J connectivity index is 2.40. The van der Waals surface area contributed by atoms with Crippen LogP contribution in [-0.4, -0.2) is 8.42 Å². The van der Waals surface area contributed by atoms with E-state index in [-0.39, 0.29) is 4.90 Å². The van der Waals surface area contributed by atoms with Crippen LogP contribution in [0.15, 0.2) is 50.7 Å². The smallest absolute Gasteiger partial charge is 0.261 e. The standard InChI is InChI=1S/C15H13BrN2O2S2/c1-10-6-13(21-9-17)7-11(2)15(10)18-22(19,20)14-5-3-4-12(16)8-14/h3-8,18H,1-2H3. The van der Waals surface area contributed by atoms with E-state index in [4.69, 9.17) is 5.26 Å². The summed E-state index contributed by atoms with van der Waals surface area (Å²) in [5.74, 6) is 0. The summed E-state index contributed by atoms with van der Waals surface area (Å²) < 4.78 is 28.3. The molecule has 0 aliphatic rings. The van der Waals surface area contributed by atoms with E-state index < -0.39 is 10.0 Å². The quantitative estimate of drug-likeness (QED) is 0.612. The lowest BCUT2D eigenvalue weighted by Gasteiger charge is -2.14. The first kappa shape index (κ1) is 16.9. The van der Waals surface area contributed by atoms with Crippen molar-refractivity contribution in [1.29, 1.82) is 5.26 Å². The van der Waals surface area contributed by atoms with Gasteiger partial charge in [0, 0.05) is 9.37 Å². The average Bonchev–Trinajstić information content (AvgIpc) is 2.43. The Bertz CT molecular complexity index is 835. The molecule has 114 valence electrons. The number of sulfonamides is 1. The summed E-state index contributed by atoms with van der Waals surface area (Å²) in [6.45, 7) is 3.63. The Hall–Kier alpha value is -1.49. The van der Waals surface area contributed by atoms with Crippen molar-refractivity contribution in [2.24, 2.45) is 0 Å². The van der Waals surface area contributed by atoms with Crippen LogP contribution in [0, 0.1) is 24.5 Å². The molecule has 0 aliphatic heterocycles. The number of rotatable bonds is 4. The van der Waals surface area contributed by atoms with Gasteiger partial charge in [-0.3, -0.25) is 4.72 Å². The van der Waals surface area contributed by atoms with Crippen molar-refractivity contribution in [2.75, 3.05) is 4.72 Å². The SMILES string of the molecule is Cc1cc(SC#N)cc(C)c1NS(=O)(=O)c1cccc(Br)c1. The van der Waals surface area contributed by atoms with Crippen LogP contribution in [0.5, 0.6) is 0 Å². The third-order valence-electron chi connectivity index (χ3n) is 3.01. The number of nitriles is 1. The number of halogens is 1. The van der Waals surface area contributed by atoms with Crippen LogP contribution in [0.3, 0.4) is 0 Å². The van der Waals surface area contributed by atoms with E-state index in [1.165, 1.54) is 6.07 Å². The molecule has 0 spiro atoms. The van der Waals surface area contributed by atoms with Gasteiger partial charge in [-0.05, 0) is 67.1 Å². The number of anilines is 1. The Labute approximate surface area is 142 Å². The number of hydrogen-bond acceptors (Lipinski definition) is 4. The van der Waals surface area contributed by atoms with Gasteiger partial charge in [-0.1, -0.05) is 22.0 Å². The molecule has 0 fully saturated rings. The zero-order chi connectivity index (χ0) is 16.3. The van der Waals surface area contributed by atoms with Gasteiger partial charge in [-0.15, -0.1) is 0 Å². The summed E-state index contributed by atoms with van der Waals surface area (Å²) in [7, 11) is -3.66. The highest BCUT2D eigenvalue weighted by Crippen LogP contribution is 2.29. The lowest BCUT2D eigenvalue weighted by molar-refractivity contribution is 0.601. The van der Waals surface area contributed by atoms with Gasteiger partial charge in [0.05, 0.1) is 10.6 Å². The molecule has 0 unspecified atom stereocenters. The second-order valence-electron chi connectivity index (χ2n) is 4.69. The van der Waals surface area contributed by atoms with Crippen LogP contribution in [0.4, 0.5) is 5.69 Å². The monoisotopic (exact) mass is 396 g/mol. The van der Waals surface area contributed by atoms with Gasteiger partial charge in [0.25, 0.3) is 10.0 Å². The molecule has 0 saturated carbocycles. The third-order valence-corrected chi connectivity index (χ3v) is 5.42. The second kappa shape index (κ2) is 6.73. The molecule has 0 atom stereocenters. The molecule has 2 rings (SSSR count). The van der Waals surface area contributed by atoms with Crippen LogP contribution in [0.2, 0.25) is 0 Å². The van der Waals surface area contributed by atoms with E-state index in [0.29, 0.717) is 10.2 Å². The van der Waals surface area contributed by atoms with Crippen LogP contribution in [0.25, 0.3) is 0 Å². The van der Waals surface area contributed by atoms with Gasteiger partial charge in [-0.25, -0.2) is 8.42 Å². The summed E-state index contributed by atoms with van der Waals surface area (Å²) in [6, 6.07) is 10.1. The van der Waals surface area contributed by atoms with Gasteiger partial charge in [0.15, 0.2) is 0 Å². The molecule has 22 heavy (non-hydrogen) atoms. The minimum absolute atomic E-state index is 0.191. The summed E-state index contributed by atoms with van der Waals surface area (Å²) in [5.41, 5.74) is 2.09. The maximum atomic E-state index is 12.5. The van der Waals surface area contributed by atoms with Gasteiger partial charge in [0.1, 0.15) is 5.40 Å². The first-order chi connectivity index (χ1) is 10.3. The molecule has 0 saturated heterocycles. The fourth-order valence-corrected chi connectivity index (χ4v) is 4.40. The van der Waals surface area contributed by atoms with E-state index in [0.717, 1.165) is 27.8 Å². The maximum Gasteiger partial charge on any atom is 0.261 e. The fraction of sp³-hybridized carbons (Fsp3) is 0.133. The van der Waals surface area contributed by atoms with Crippen molar-refractivity contribution in [3.63, 3.8) is 0 Å². The van der Waals surface area contributed by atoms with E-state index in [1.54, 1.807) is 30.3 Å². The zero-order valence-electron chi connectivity index (χ0n) is 11.9. The highest BCUT2D eigenvalue weighted by atomic mass is 79.9. The molecule has 4 nitrogen and oxygen atoms in total. The lowest BCUT2D eigenvalue weighted by Crippen LogP contribution is -2.14. The van der Waals surface area contributed by atoms with Crippen molar-refractivity contribution < 1.29 is 8.42 Å². The van der Waals surface area contributed by atoms with Crippen molar-refractivity contribution >= 4 is 43.4 Å². The Morgan fingerprint density at radius 1 is 1.18 bits per heavy atom. The van der Waals surface area contributed by atoms with Crippen molar-refractivity contribution in [3.8, 4) is 5.40 Å². The minimum Gasteiger partial charge on any atom is -0.279 e. The summed E-state index contributed by atoms with van der Waals surface area (Å²) in [5, 5.41) is 10.7. The number of aryl methyl sites for hydroxylation is 2. The Morgan fingerprint density at radius 3 is 2.36 bits per heavy atom. The number of hydrogen-bond donors (Lipinski definition) is 1. The van der Waals surface area contributed by atoms with Crippen LogP contribution >= 0.6 is 27.7 Å². The molecule has 0 radical (unpaired) electrons. The van der Waals surface area contributed by atoms with E-state index >= 15 is 0 Å². The molecule has 0 aromatic heterocycles. The number of nitrogens with one attached hydrogen (secondary N) is 1. The van der Waals surface area contributed by atoms with Crippen molar-refractivity contribution in [3.05, 3.63) is 52.0 Å². The molecule has 7 heteroatoms. The van der Waals surface area contributed by atoms with Crippen LogP contribution in [-0.2, 0) is 10.0 Å². The summed E-state index contributed by atoms with van der Waals surface area (Å²) >= 11 is 4.32. The van der Waals surface area contributed by atoms with Gasteiger partial charge >= 0.3 is 0 Å². The molecule has 0 bridgehead atoms. The maximum absolute atomic E-state index is 12.5. The first-order valence-electron chi connectivity index (χ1n) is 6.29. The predicted octanol–water partition coefficient (Wildman–Crippen LogP) is 4.44. The normalized spacial score (nSPS) is 11.0. The molecular weight excluding hydrogens is 384 g/mol. The Kier molecular flexibility index (Phi) is 5.16. The number of benzene rings is 2. The van der Waals surface area contributed by atoms with Gasteiger partial charge in [0.2, 0.25) is 0 Å². The van der Waals surface area contributed by atoms with E-state index in [1.807, 2.05) is 19.2 Å². The molecular formula is C15H13BrN2O2S2. The molecule has 0 heterocycles. The molecule has 2 aromatic carbocycles. The summed E-state index contributed by atoms with van der Waals surface area (Å²) in [6.07, 6.45) is 0. The summed E-state index contributed by atoms with van der Waals surface area (Å²) in [4.78, 5) is 0.985. The number of thiocyanates is 1.